The Kier molecular flexibility index (Phi) is 6.02. The Hall–Kier alpha value is -1.19. The normalized spacial score (nSPS) is 12.7. The van der Waals surface area contributed by atoms with E-state index >= 15 is 0 Å². The quantitative estimate of drug-likeness (QED) is 0.549. The van der Waals surface area contributed by atoms with Crippen LogP contribution in [0.3, 0.4) is 0 Å². The number of Topliss-reactive ketones (excluding diaryl/α,β-unsaturated/α-hetero) is 1. The van der Waals surface area contributed by atoms with Gasteiger partial charge in [0.1, 0.15) is 0 Å². The van der Waals surface area contributed by atoms with Crippen molar-refractivity contribution in [3.8, 4) is 0 Å². The van der Waals surface area contributed by atoms with Gasteiger partial charge in [-0.15, -0.1) is 0 Å². The highest BCUT2D eigenvalue weighted by Gasteiger charge is 2.18. The van der Waals surface area contributed by atoms with Crippen molar-refractivity contribution in [3.63, 3.8) is 0 Å². The third-order valence-electron chi connectivity index (χ3n) is 3.17. The summed E-state index contributed by atoms with van der Waals surface area (Å²) in [4.78, 5) is 14.3. The lowest BCUT2D eigenvalue weighted by Gasteiger charge is -2.23. The Balaban J connectivity index is 2.57. The zero-order chi connectivity index (χ0) is 13.5. The summed E-state index contributed by atoms with van der Waals surface area (Å²) in [5.41, 5.74) is 1.94. The molecule has 0 fully saturated rings. The van der Waals surface area contributed by atoms with Crippen molar-refractivity contribution in [2.75, 3.05) is 26.8 Å². The molecule has 3 nitrogen and oxygen atoms in total. The average molecular weight is 249 g/mol. The van der Waals surface area contributed by atoms with Gasteiger partial charge in [-0.25, -0.2) is 0 Å². The average Bonchev–Trinajstić information content (AvgIpc) is 2.38. The minimum Gasteiger partial charge on any atom is -0.380 e. The summed E-state index contributed by atoms with van der Waals surface area (Å²) in [5, 5.41) is 0. The third-order valence-corrected chi connectivity index (χ3v) is 3.17. The van der Waals surface area contributed by atoms with Gasteiger partial charge in [0.25, 0.3) is 0 Å². The molecule has 0 aliphatic heterocycles. The highest BCUT2D eigenvalue weighted by Crippen LogP contribution is 2.09. The first-order valence-electron chi connectivity index (χ1n) is 6.45. The van der Waals surface area contributed by atoms with Crippen LogP contribution in [0.5, 0.6) is 0 Å². The Morgan fingerprint density at radius 2 is 1.94 bits per heavy atom. The number of aryl methyl sites for hydroxylation is 1. The molecule has 0 aromatic heterocycles. The van der Waals surface area contributed by atoms with E-state index < -0.39 is 0 Å². The van der Waals surface area contributed by atoms with E-state index in [1.54, 1.807) is 0 Å². The summed E-state index contributed by atoms with van der Waals surface area (Å²) in [5.74, 6) is 0.161. The van der Waals surface area contributed by atoms with Gasteiger partial charge in [0.15, 0.2) is 5.78 Å². The Bertz CT molecular complexity index is 373. The first-order valence-corrected chi connectivity index (χ1v) is 6.45. The number of nitrogens with zero attached hydrogens (tertiary/aromatic N) is 1. The Morgan fingerprint density at radius 3 is 2.50 bits per heavy atom. The van der Waals surface area contributed by atoms with E-state index in [2.05, 4.69) is 0 Å². The molecule has 1 unspecified atom stereocenters. The maximum Gasteiger partial charge on any atom is 0.179 e. The lowest BCUT2D eigenvalue weighted by Crippen LogP contribution is -2.38. The second kappa shape index (κ2) is 7.29. The largest absolute Gasteiger partial charge is 0.380 e. The number of likely N-dealkylation sites (N-methyl/N-ethyl adjacent to an activating group) is 1. The molecule has 0 aliphatic carbocycles. The molecule has 1 aromatic rings. The maximum absolute atomic E-state index is 12.2. The van der Waals surface area contributed by atoms with Gasteiger partial charge >= 0.3 is 0 Å². The fourth-order valence-electron chi connectivity index (χ4n) is 1.71. The summed E-state index contributed by atoms with van der Waals surface area (Å²) in [6, 6.07) is 7.61. The lowest BCUT2D eigenvalue weighted by molar-refractivity contribution is 0.0789. The van der Waals surface area contributed by atoms with Crippen LogP contribution in [0.25, 0.3) is 0 Å². The van der Waals surface area contributed by atoms with Crippen LogP contribution in [0.15, 0.2) is 24.3 Å². The molecule has 0 radical (unpaired) electrons. The molecule has 0 amide bonds. The number of benzene rings is 1. The lowest BCUT2D eigenvalue weighted by atomic mass is 10.0. The smallest absolute Gasteiger partial charge is 0.179 e. The summed E-state index contributed by atoms with van der Waals surface area (Å²) >= 11 is 0. The summed E-state index contributed by atoms with van der Waals surface area (Å²) in [6.45, 7) is 8.08. The molecule has 1 aromatic carbocycles. The van der Waals surface area contributed by atoms with E-state index in [0.717, 1.165) is 12.1 Å². The first-order chi connectivity index (χ1) is 8.56. The molecule has 0 bridgehead atoms. The van der Waals surface area contributed by atoms with Crippen molar-refractivity contribution < 1.29 is 9.53 Å². The topological polar surface area (TPSA) is 29.5 Å². The number of ketones is 1. The first kappa shape index (κ1) is 14.9. The van der Waals surface area contributed by atoms with E-state index in [0.29, 0.717) is 13.2 Å². The van der Waals surface area contributed by atoms with Gasteiger partial charge in [-0.1, -0.05) is 29.8 Å². The molecule has 18 heavy (non-hydrogen) atoms. The van der Waals surface area contributed by atoms with Gasteiger partial charge in [-0.2, -0.15) is 0 Å². The summed E-state index contributed by atoms with van der Waals surface area (Å²) in [6.07, 6.45) is 0. The fourth-order valence-corrected chi connectivity index (χ4v) is 1.71. The monoisotopic (exact) mass is 249 g/mol. The van der Waals surface area contributed by atoms with Crippen LogP contribution in [0, 0.1) is 6.92 Å². The number of rotatable bonds is 7. The van der Waals surface area contributed by atoms with E-state index in [-0.39, 0.29) is 11.8 Å². The van der Waals surface area contributed by atoms with Gasteiger partial charge in [0.05, 0.1) is 12.6 Å². The molecule has 0 aliphatic rings. The van der Waals surface area contributed by atoms with E-state index in [4.69, 9.17) is 4.74 Å². The molecular formula is C15H23NO2. The number of hydrogen-bond donors (Lipinski definition) is 0. The molecule has 1 rings (SSSR count). The maximum atomic E-state index is 12.2. The molecule has 0 spiro atoms. The second-order valence-corrected chi connectivity index (χ2v) is 4.58. The van der Waals surface area contributed by atoms with E-state index in [9.17, 15) is 4.79 Å². The van der Waals surface area contributed by atoms with Crippen molar-refractivity contribution >= 4 is 5.78 Å². The van der Waals surface area contributed by atoms with Crippen LogP contribution in [-0.2, 0) is 4.74 Å². The highest BCUT2D eigenvalue weighted by molar-refractivity contribution is 5.99. The minimum absolute atomic E-state index is 0.117. The molecule has 1 atom stereocenters. The second-order valence-electron chi connectivity index (χ2n) is 4.58. The summed E-state index contributed by atoms with van der Waals surface area (Å²) in [7, 11) is 1.95. The molecule has 0 saturated heterocycles. The predicted molar refractivity (Wildman–Crippen MR) is 74.1 cm³/mol. The van der Waals surface area contributed by atoms with Crippen LogP contribution in [0.4, 0.5) is 0 Å². The van der Waals surface area contributed by atoms with E-state index in [1.807, 2.05) is 57.0 Å². The van der Waals surface area contributed by atoms with Crippen molar-refractivity contribution in [1.29, 1.82) is 0 Å². The highest BCUT2D eigenvalue weighted by atomic mass is 16.5. The number of hydrogen-bond acceptors (Lipinski definition) is 3. The zero-order valence-electron chi connectivity index (χ0n) is 11.8. The van der Waals surface area contributed by atoms with Gasteiger partial charge in [0.2, 0.25) is 0 Å². The van der Waals surface area contributed by atoms with Crippen LogP contribution >= 0.6 is 0 Å². The third kappa shape index (κ3) is 4.24. The molecule has 0 heterocycles. The van der Waals surface area contributed by atoms with Crippen molar-refractivity contribution in [1.82, 2.24) is 4.90 Å². The van der Waals surface area contributed by atoms with Crippen LogP contribution in [0.1, 0.15) is 29.8 Å². The van der Waals surface area contributed by atoms with Crippen LogP contribution < -0.4 is 0 Å². The van der Waals surface area contributed by atoms with Gasteiger partial charge in [-0.3, -0.25) is 9.69 Å². The van der Waals surface area contributed by atoms with Gasteiger partial charge in [-0.05, 0) is 27.8 Å². The van der Waals surface area contributed by atoms with Crippen LogP contribution in [-0.4, -0.2) is 43.5 Å². The van der Waals surface area contributed by atoms with Crippen LogP contribution in [0.2, 0.25) is 0 Å². The SMILES string of the molecule is CCOCCN(C)C(C)C(=O)c1ccc(C)cc1. The van der Waals surface area contributed by atoms with Crippen molar-refractivity contribution in [2.45, 2.75) is 26.8 Å². The number of carbonyl (C=O) groups excluding carboxylic acids is 1. The summed E-state index contributed by atoms with van der Waals surface area (Å²) < 4.78 is 5.30. The molecule has 3 heteroatoms. The fraction of sp³-hybridized carbons (Fsp3) is 0.533. The van der Waals surface area contributed by atoms with Crippen molar-refractivity contribution in [2.24, 2.45) is 0 Å². The molecule has 100 valence electrons. The predicted octanol–water partition coefficient (Wildman–Crippen LogP) is 2.53. The van der Waals surface area contributed by atoms with Gasteiger partial charge < -0.3 is 4.74 Å². The van der Waals surface area contributed by atoms with Crippen molar-refractivity contribution in [3.05, 3.63) is 35.4 Å². The Labute approximate surface area is 110 Å². The van der Waals surface area contributed by atoms with E-state index in [1.165, 1.54) is 5.56 Å². The molecule has 0 N–H and O–H groups in total. The zero-order valence-corrected chi connectivity index (χ0v) is 11.8. The molecular weight excluding hydrogens is 226 g/mol. The minimum atomic E-state index is -0.117. The van der Waals surface area contributed by atoms with Gasteiger partial charge in [0, 0.05) is 18.7 Å². The molecule has 0 saturated carbocycles. The standard InChI is InChI=1S/C15H23NO2/c1-5-18-11-10-16(4)13(3)15(17)14-8-6-12(2)7-9-14/h6-9,13H,5,10-11H2,1-4H3. The number of carbonyl (C=O) groups is 1. The number of ether oxygens (including phenoxy) is 1. The Morgan fingerprint density at radius 1 is 1.33 bits per heavy atom.